The number of amides is 3. The highest BCUT2D eigenvalue weighted by molar-refractivity contribution is 8.01. The van der Waals surface area contributed by atoms with E-state index >= 15 is 0 Å². The molecular formula is C24H27N3O3S. The molecule has 0 unspecified atom stereocenters. The van der Waals surface area contributed by atoms with Crippen molar-refractivity contribution in [1.29, 1.82) is 0 Å². The molecule has 1 spiro atoms. The number of nitrogens with one attached hydrogen (secondary N) is 1. The van der Waals surface area contributed by atoms with Crippen LogP contribution in [0, 0.1) is 0 Å². The summed E-state index contributed by atoms with van der Waals surface area (Å²) in [5.74, 6) is -0.341. The molecule has 3 amide bonds. The van der Waals surface area contributed by atoms with Crippen LogP contribution < -0.4 is 10.2 Å². The maximum atomic E-state index is 13.9. The van der Waals surface area contributed by atoms with E-state index in [0.29, 0.717) is 12.3 Å². The summed E-state index contributed by atoms with van der Waals surface area (Å²) in [5, 5.41) is 2.97. The number of nitrogens with zero attached hydrogens (tertiary/aromatic N) is 2. The second-order valence-corrected chi connectivity index (χ2v) is 10.2. The molecule has 31 heavy (non-hydrogen) atoms. The average molecular weight is 438 g/mol. The Morgan fingerprint density at radius 1 is 1.10 bits per heavy atom. The minimum absolute atomic E-state index is 0.177. The number of carbonyl (C=O) groups is 3. The maximum absolute atomic E-state index is 13.9. The fraction of sp³-hybridized carbons (Fsp3) is 0.375. The van der Waals surface area contributed by atoms with Gasteiger partial charge in [-0.1, -0.05) is 48.5 Å². The van der Waals surface area contributed by atoms with Gasteiger partial charge in [-0.3, -0.25) is 14.4 Å². The lowest BCUT2D eigenvalue weighted by molar-refractivity contribution is -0.145. The van der Waals surface area contributed by atoms with E-state index in [2.05, 4.69) is 5.32 Å². The van der Waals surface area contributed by atoms with Gasteiger partial charge in [-0.05, 0) is 32.4 Å². The molecule has 0 aliphatic carbocycles. The third-order valence-electron chi connectivity index (χ3n) is 5.52. The van der Waals surface area contributed by atoms with Gasteiger partial charge in [0.25, 0.3) is 5.91 Å². The van der Waals surface area contributed by atoms with Crippen LogP contribution in [0.5, 0.6) is 0 Å². The lowest BCUT2D eigenvalue weighted by Crippen LogP contribution is -2.58. The van der Waals surface area contributed by atoms with Gasteiger partial charge in [0.05, 0.1) is 12.2 Å². The quantitative estimate of drug-likeness (QED) is 0.800. The van der Waals surface area contributed by atoms with Crippen molar-refractivity contribution in [3.05, 3.63) is 65.7 Å². The molecule has 2 heterocycles. The molecule has 162 valence electrons. The first-order valence-corrected chi connectivity index (χ1v) is 11.3. The molecule has 1 fully saturated rings. The Bertz CT molecular complexity index is 1030. The molecule has 7 heteroatoms. The van der Waals surface area contributed by atoms with Gasteiger partial charge in [-0.25, -0.2) is 0 Å². The van der Waals surface area contributed by atoms with Gasteiger partial charge in [-0.15, -0.1) is 11.8 Å². The van der Waals surface area contributed by atoms with Gasteiger partial charge < -0.3 is 15.1 Å². The molecule has 1 N–H and O–H groups in total. The Labute approximate surface area is 187 Å². The lowest BCUT2D eigenvalue weighted by atomic mass is 10.0. The van der Waals surface area contributed by atoms with Crippen LogP contribution in [0.2, 0.25) is 0 Å². The summed E-state index contributed by atoms with van der Waals surface area (Å²) in [6, 6.07) is 16.6. The maximum Gasteiger partial charge on any atom is 0.268 e. The van der Waals surface area contributed by atoms with Crippen LogP contribution in [0.15, 0.2) is 54.6 Å². The highest BCUT2D eigenvalue weighted by atomic mass is 32.2. The molecule has 0 aromatic heterocycles. The topological polar surface area (TPSA) is 69.7 Å². The number of hydrogen-bond donors (Lipinski definition) is 1. The zero-order chi connectivity index (χ0) is 22.4. The molecule has 2 aliphatic rings. The Kier molecular flexibility index (Phi) is 5.33. The van der Waals surface area contributed by atoms with Crippen molar-refractivity contribution in [3.8, 4) is 0 Å². The third-order valence-corrected chi connectivity index (χ3v) is 7.01. The fourth-order valence-electron chi connectivity index (χ4n) is 4.35. The van der Waals surface area contributed by atoms with E-state index in [-0.39, 0.29) is 17.7 Å². The Morgan fingerprint density at radius 2 is 1.74 bits per heavy atom. The number of rotatable bonds is 3. The SMILES string of the molecule is CC(=O)N1[C@@H](C(=O)NC(C)(C)C)CS[C@@]12C(=O)N(Cc1ccccc1)c1ccccc12. The molecule has 2 atom stereocenters. The van der Waals surface area contributed by atoms with E-state index in [1.165, 1.54) is 23.6 Å². The number of carbonyl (C=O) groups excluding carboxylic acids is 3. The predicted molar refractivity (Wildman–Crippen MR) is 122 cm³/mol. The largest absolute Gasteiger partial charge is 0.350 e. The monoisotopic (exact) mass is 437 g/mol. The van der Waals surface area contributed by atoms with E-state index < -0.39 is 16.5 Å². The number of fused-ring (bicyclic) bond motifs is 2. The van der Waals surface area contributed by atoms with E-state index in [9.17, 15) is 14.4 Å². The first-order valence-electron chi connectivity index (χ1n) is 10.4. The number of hydrogen-bond acceptors (Lipinski definition) is 4. The number of benzene rings is 2. The molecule has 2 aromatic carbocycles. The summed E-state index contributed by atoms with van der Waals surface area (Å²) < 4.78 is 0. The summed E-state index contributed by atoms with van der Waals surface area (Å²) in [7, 11) is 0. The molecule has 1 saturated heterocycles. The van der Waals surface area contributed by atoms with Crippen LogP contribution in [0.25, 0.3) is 0 Å². The highest BCUT2D eigenvalue weighted by Crippen LogP contribution is 2.56. The normalized spacial score (nSPS) is 22.7. The van der Waals surface area contributed by atoms with Crippen molar-refractivity contribution in [3.63, 3.8) is 0 Å². The van der Waals surface area contributed by atoms with Crippen LogP contribution in [0.4, 0.5) is 5.69 Å². The summed E-state index contributed by atoms with van der Waals surface area (Å²) >= 11 is 1.37. The van der Waals surface area contributed by atoms with Crippen molar-refractivity contribution < 1.29 is 14.4 Å². The van der Waals surface area contributed by atoms with Gasteiger partial charge >= 0.3 is 0 Å². The van der Waals surface area contributed by atoms with Gasteiger partial charge in [0.15, 0.2) is 4.87 Å². The van der Waals surface area contributed by atoms with E-state index in [1.54, 1.807) is 4.90 Å². The Morgan fingerprint density at radius 3 is 2.39 bits per heavy atom. The van der Waals surface area contributed by atoms with Crippen LogP contribution in [0.3, 0.4) is 0 Å². The minimum Gasteiger partial charge on any atom is -0.350 e. The molecule has 6 nitrogen and oxygen atoms in total. The standard InChI is InChI=1S/C24H27N3O3S/c1-16(28)27-20(21(29)25-23(2,3)4)15-31-24(27)18-12-8-9-13-19(18)26(22(24)30)14-17-10-6-5-7-11-17/h5-13,20H,14-15H2,1-4H3,(H,25,29)/t20-,24+/m1/s1. The molecule has 2 aromatic rings. The molecule has 0 saturated carbocycles. The van der Waals surface area contributed by atoms with Crippen molar-refractivity contribution >= 4 is 35.2 Å². The predicted octanol–water partition coefficient (Wildman–Crippen LogP) is 3.26. The molecular weight excluding hydrogens is 410 g/mol. The second-order valence-electron chi connectivity index (χ2n) is 8.99. The molecule has 0 radical (unpaired) electrons. The number of thioether (sulfide) groups is 1. The van der Waals surface area contributed by atoms with Gasteiger partial charge in [-0.2, -0.15) is 0 Å². The van der Waals surface area contributed by atoms with E-state index in [1.807, 2.05) is 75.4 Å². The van der Waals surface area contributed by atoms with E-state index in [4.69, 9.17) is 0 Å². The van der Waals surface area contributed by atoms with Crippen LogP contribution in [0.1, 0.15) is 38.8 Å². The van der Waals surface area contributed by atoms with Crippen molar-refractivity contribution in [2.24, 2.45) is 0 Å². The Hall–Kier alpha value is -2.80. The molecule has 4 rings (SSSR count). The van der Waals surface area contributed by atoms with Crippen molar-refractivity contribution in [1.82, 2.24) is 10.2 Å². The minimum atomic E-state index is -1.23. The zero-order valence-electron chi connectivity index (χ0n) is 18.2. The van der Waals surface area contributed by atoms with Crippen molar-refractivity contribution in [2.45, 2.75) is 50.7 Å². The number of para-hydroxylation sites is 1. The van der Waals surface area contributed by atoms with Crippen LogP contribution >= 0.6 is 11.8 Å². The zero-order valence-corrected chi connectivity index (χ0v) is 19.0. The molecule has 0 bridgehead atoms. The average Bonchev–Trinajstić information content (AvgIpc) is 3.22. The molecule has 2 aliphatic heterocycles. The second kappa shape index (κ2) is 7.71. The summed E-state index contributed by atoms with van der Waals surface area (Å²) in [4.78, 5) is 41.9. The summed E-state index contributed by atoms with van der Waals surface area (Å²) in [6.07, 6.45) is 0. The number of anilines is 1. The van der Waals surface area contributed by atoms with Crippen molar-refractivity contribution in [2.75, 3.05) is 10.7 Å². The first kappa shape index (κ1) is 21.4. The van der Waals surface area contributed by atoms with Gasteiger partial charge in [0.1, 0.15) is 6.04 Å². The fourth-order valence-corrected chi connectivity index (χ4v) is 6.00. The smallest absolute Gasteiger partial charge is 0.268 e. The lowest BCUT2D eigenvalue weighted by Gasteiger charge is -2.36. The van der Waals surface area contributed by atoms with Crippen LogP contribution in [-0.4, -0.2) is 40.0 Å². The first-order chi connectivity index (χ1) is 14.6. The van der Waals surface area contributed by atoms with Crippen LogP contribution in [-0.2, 0) is 25.8 Å². The summed E-state index contributed by atoms with van der Waals surface area (Å²) in [6.45, 7) is 7.54. The third kappa shape index (κ3) is 3.61. The Balaban J connectivity index is 1.77. The van der Waals surface area contributed by atoms with Gasteiger partial charge in [0, 0.05) is 23.8 Å². The van der Waals surface area contributed by atoms with Gasteiger partial charge in [0.2, 0.25) is 11.8 Å². The highest BCUT2D eigenvalue weighted by Gasteiger charge is 2.62. The summed E-state index contributed by atoms with van der Waals surface area (Å²) in [5.41, 5.74) is 2.12. The van der Waals surface area contributed by atoms with E-state index in [0.717, 1.165) is 16.8 Å².